The van der Waals surface area contributed by atoms with Crippen LogP contribution in [0.15, 0.2) is 33.7 Å². The summed E-state index contributed by atoms with van der Waals surface area (Å²) in [5, 5.41) is 19.1. The van der Waals surface area contributed by atoms with Gasteiger partial charge in [-0.1, -0.05) is 0 Å². The van der Waals surface area contributed by atoms with Crippen molar-refractivity contribution in [2.75, 3.05) is 23.7 Å². The topological polar surface area (TPSA) is 135 Å². The normalized spacial score (nSPS) is 16.2. The molecule has 168 valence electrons. The van der Waals surface area contributed by atoms with E-state index < -0.39 is 35.2 Å². The lowest BCUT2D eigenvalue weighted by Crippen LogP contribution is -2.27. The van der Waals surface area contributed by atoms with Crippen molar-refractivity contribution in [3.8, 4) is 5.69 Å². The maximum Gasteiger partial charge on any atom is 0.341 e. The number of nitrogens with zero attached hydrogens (tertiary/aromatic N) is 2. The standard InChI is InChI=1S/C21H19BrF2N4O4/c22-17-18-11(4-14(24)19(17)27-2-1-10(25)6-27)20(30)12(21(31)32)7-28(18)16-5-15(26)13(23)3-9(16)8-29/h3-5,7,10,29H,1-2,6,8,25-26H2,(H,31,32). The predicted molar refractivity (Wildman–Crippen MR) is 119 cm³/mol. The van der Waals surface area contributed by atoms with Gasteiger partial charge in [-0.25, -0.2) is 13.6 Å². The van der Waals surface area contributed by atoms with E-state index in [1.54, 1.807) is 4.90 Å². The number of aromatic nitrogens is 1. The number of carboxylic acid groups (broad SMARTS) is 1. The Morgan fingerprint density at radius 3 is 2.56 bits per heavy atom. The third-order valence-electron chi connectivity index (χ3n) is 5.56. The van der Waals surface area contributed by atoms with Gasteiger partial charge in [0, 0.05) is 30.9 Å². The van der Waals surface area contributed by atoms with Gasteiger partial charge in [-0.15, -0.1) is 0 Å². The van der Waals surface area contributed by atoms with Gasteiger partial charge in [0.25, 0.3) is 0 Å². The van der Waals surface area contributed by atoms with Crippen LogP contribution in [0.5, 0.6) is 0 Å². The molecule has 1 aromatic heterocycles. The molecule has 1 unspecified atom stereocenters. The third kappa shape index (κ3) is 3.51. The first-order chi connectivity index (χ1) is 15.1. The van der Waals surface area contributed by atoms with Crippen LogP contribution in [0.4, 0.5) is 20.2 Å². The van der Waals surface area contributed by atoms with Crippen molar-refractivity contribution in [2.24, 2.45) is 5.73 Å². The van der Waals surface area contributed by atoms with E-state index in [-0.39, 0.29) is 44.0 Å². The zero-order valence-corrected chi connectivity index (χ0v) is 18.2. The van der Waals surface area contributed by atoms with Crippen LogP contribution in [0.25, 0.3) is 16.6 Å². The molecule has 0 amide bonds. The number of aliphatic hydroxyl groups excluding tert-OH is 1. The Morgan fingerprint density at radius 1 is 1.25 bits per heavy atom. The first-order valence-electron chi connectivity index (χ1n) is 9.64. The Morgan fingerprint density at radius 2 is 1.97 bits per heavy atom. The summed E-state index contributed by atoms with van der Waals surface area (Å²) in [6.45, 7) is 0.296. The van der Waals surface area contributed by atoms with Gasteiger partial charge in [-0.3, -0.25) is 4.79 Å². The van der Waals surface area contributed by atoms with E-state index >= 15 is 4.39 Å². The van der Waals surface area contributed by atoms with Gasteiger partial charge in [0.15, 0.2) is 0 Å². The minimum absolute atomic E-state index is 0.0963. The van der Waals surface area contributed by atoms with Gasteiger partial charge in [-0.2, -0.15) is 0 Å². The van der Waals surface area contributed by atoms with Crippen LogP contribution in [0, 0.1) is 11.6 Å². The highest BCUT2D eigenvalue weighted by atomic mass is 79.9. The van der Waals surface area contributed by atoms with Gasteiger partial charge in [-0.05, 0) is 40.5 Å². The second kappa shape index (κ2) is 8.15. The molecule has 2 aromatic carbocycles. The summed E-state index contributed by atoms with van der Waals surface area (Å²) in [5.74, 6) is -3.00. The summed E-state index contributed by atoms with van der Waals surface area (Å²) in [6.07, 6.45) is 1.71. The molecule has 11 heteroatoms. The van der Waals surface area contributed by atoms with Crippen molar-refractivity contribution in [3.63, 3.8) is 0 Å². The quantitative estimate of drug-likeness (QED) is 0.397. The number of rotatable bonds is 4. The molecule has 4 rings (SSSR count). The highest BCUT2D eigenvalue weighted by Crippen LogP contribution is 2.38. The maximum atomic E-state index is 15.2. The number of fused-ring (bicyclic) bond motifs is 1. The number of benzene rings is 2. The van der Waals surface area contributed by atoms with E-state index in [1.807, 2.05) is 0 Å². The van der Waals surface area contributed by atoms with Crippen LogP contribution < -0.4 is 21.8 Å². The molecule has 6 N–H and O–H groups in total. The van der Waals surface area contributed by atoms with Gasteiger partial charge in [0.05, 0.1) is 39.0 Å². The lowest BCUT2D eigenvalue weighted by atomic mass is 10.1. The fourth-order valence-electron chi connectivity index (χ4n) is 4.00. The molecule has 1 fully saturated rings. The summed E-state index contributed by atoms with van der Waals surface area (Å²) < 4.78 is 30.7. The van der Waals surface area contributed by atoms with Crippen molar-refractivity contribution in [2.45, 2.75) is 19.1 Å². The first kappa shape index (κ1) is 22.2. The highest BCUT2D eigenvalue weighted by molar-refractivity contribution is 9.10. The minimum atomic E-state index is -1.52. The molecule has 3 aromatic rings. The lowest BCUT2D eigenvalue weighted by Gasteiger charge is -2.24. The second-order valence-corrected chi connectivity index (χ2v) is 8.41. The van der Waals surface area contributed by atoms with Crippen molar-refractivity contribution in [1.29, 1.82) is 0 Å². The van der Waals surface area contributed by atoms with Crippen molar-refractivity contribution < 1.29 is 23.8 Å². The molecule has 1 saturated heterocycles. The van der Waals surface area contributed by atoms with Crippen molar-refractivity contribution in [1.82, 2.24) is 4.57 Å². The number of hydrogen-bond donors (Lipinski definition) is 4. The Kier molecular flexibility index (Phi) is 5.65. The second-order valence-electron chi connectivity index (χ2n) is 7.62. The smallest absolute Gasteiger partial charge is 0.341 e. The van der Waals surface area contributed by atoms with Crippen LogP contribution >= 0.6 is 15.9 Å². The fourth-order valence-corrected chi connectivity index (χ4v) is 4.84. The average molecular weight is 509 g/mol. The highest BCUT2D eigenvalue weighted by Gasteiger charge is 2.28. The van der Waals surface area contributed by atoms with Crippen LogP contribution in [0.3, 0.4) is 0 Å². The van der Waals surface area contributed by atoms with Crippen LogP contribution in [-0.4, -0.2) is 39.9 Å². The molecular weight excluding hydrogens is 490 g/mol. The number of aliphatic hydroxyl groups is 1. The Balaban J connectivity index is 2.15. The number of pyridine rings is 1. The van der Waals surface area contributed by atoms with E-state index in [4.69, 9.17) is 11.5 Å². The zero-order chi connectivity index (χ0) is 23.3. The molecule has 2 heterocycles. The molecule has 1 aliphatic rings. The molecular formula is C21H19BrF2N4O4. The van der Waals surface area contributed by atoms with Gasteiger partial charge < -0.3 is 31.1 Å². The van der Waals surface area contributed by atoms with E-state index in [9.17, 15) is 24.2 Å². The van der Waals surface area contributed by atoms with E-state index in [2.05, 4.69) is 15.9 Å². The molecule has 0 saturated carbocycles. The minimum Gasteiger partial charge on any atom is -0.477 e. The molecule has 0 aliphatic carbocycles. The SMILES string of the molecule is Nc1cc(-n2cc(C(=O)O)c(=O)c3cc(F)c(N4CCC(N)C4)c(Br)c32)c(CO)cc1F. The summed E-state index contributed by atoms with van der Waals surface area (Å²) in [6, 6.07) is 3.08. The van der Waals surface area contributed by atoms with Crippen LogP contribution in [0.2, 0.25) is 0 Å². The summed E-state index contributed by atoms with van der Waals surface area (Å²) in [4.78, 5) is 26.3. The molecule has 1 atom stereocenters. The molecule has 0 bridgehead atoms. The monoisotopic (exact) mass is 508 g/mol. The maximum absolute atomic E-state index is 15.2. The largest absolute Gasteiger partial charge is 0.477 e. The number of carbonyl (C=O) groups is 1. The fraction of sp³-hybridized carbons (Fsp3) is 0.238. The number of halogens is 3. The number of nitrogen functional groups attached to an aromatic ring is 1. The summed E-state index contributed by atoms with van der Waals surface area (Å²) >= 11 is 3.39. The molecule has 1 aliphatic heterocycles. The van der Waals surface area contributed by atoms with Crippen LogP contribution in [-0.2, 0) is 6.61 Å². The Bertz CT molecular complexity index is 1330. The molecule has 0 radical (unpaired) electrons. The summed E-state index contributed by atoms with van der Waals surface area (Å²) in [7, 11) is 0. The van der Waals surface area contributed by atoms with Gasteiger partial charge in [0.1, 0.15) is 17.2 Å². The van der Waals surface area contributed by atoms with E-state index in [1.165, 1.54) is 10.6 Å². The van der Waals surface area contributed by atoms with E-state index in [0.29, 0.717) is 19.5 Å². The van der Waals surface area contributed by atoms with Crippen LogP contribution in [0.1, 0.15) is 22.3 Å². The third-order valence-corrected chi connectivity index (χ3v) is 6.31. The van der Waals surface area contributed by atoms with E-state index in [0.717, 1.165) is 18.3 Å². The van der Waals surface area contributed by atoms with Gasteiger partial charge >= 0.3 is 5.97 Å². The number of aromatic carboxylic acids is 1. The number of carboxylic acids is 1. The number of hydrogen-bond acceptors (Lipinski definition) is 6. The average Bonchev–Trinajstić information content (AvgIpc) is 3.16. The first-order valence-corrected chi connectivity index (χ1v) is 10.4. The molecule has 0 spiro atoms. The molecule has 8 nitrogen and oxygen atoms in total. The van der Waals surface area contributed by atoms with Gasteiger partial charge in [0.2, 0.25) is 5.43 Å². The van der Waals surface area contributed by atoms with Crippen molar-refractivity contribution >= 4 is 44.2 Å². The lowest BCUT2D eigenvalue weighted by molar-refractivity contribution is 0.0695. The number of nitrogens with two attached hydrogens (primary N) is 2. The summed E-state index contributed by atoms with van der Waals surface area (Å²) in [5.41, 5.74) is 10.5. The Hall–Kier alpha value is -3.02. The predicted octanol–water partition coefficient (Wildman–Crippen LogP) is 2.34. The zero-order valence-electron chi connectivity index (χ0n) is 16.6. The van der Waals surface area contributed by atoms with Crippen molar-refractivity contribution in [3.05, 3.63) is 61.9 Å². The molecule has 32 heavy (non-hydrogen) atoms. The Labute approximate surface area is 188 Å². The number of anilines is 2.